The SMILES string of the molecule is FC(F)(F)C(F)(F)C(F)(F)C(F)(F)C(F)(F)C(F)(F)C(F)(F)C(F)(F)[N+](F)(F)F.[Br-]. The Hall–Kier alpha value is -0.960. The van der Waals surface area contributed by atoms with Gasteiger partial charge in [0.25, 0.3) is 0 Å². The first-order valence-electron chi connectivity index (χ1n) is 5.69. The van der Waals surface area contributed by atoms with Gasteiger partial charge in [-0.3, -0.25) is 0 Å². The van der Waals surface area contributed by atoms with Gasteiger partial charge in [-0.25, -0.2) is 0 Å². The second-order valence-electron chi connectivity index (χ2n) is 4.93. The van der Waals surface area contributed by atoms with E-state index in [9.17, 15) is 88.1 Å². The van der Waals surface area contributed by atoms with Crippen molar-refractivity contribution in [1.82, 2.24) is 0 Å². The number of nitrogens with zero attached hydrogens (tertiary/aromatic N) is 1. The average molecular weight is 570 g/mol. The largest absolute Gasteiger partial charge is 1.00 e. The number of halogens is 21. The topological polar surface area (TPSA) is 0 Å². The fourth-order valence-electron chi connectivity index (χ4n) is 1.31. The van der Waals surface area contributed by atoms with Crippen LogP contribution < -0.4 is 17.0 Å². The Labute approximate surface area is 159 Å². The van der Waals surface area contributed by atoms with E-state index >= 15 is 0 Å². The van der Waals surface area contributed by atoms with Crippen LogP contribution in [0.25, 0.3) is 0 Å². The van der Waals surface area contributed by atoms with E-state index in [1.165, 1.54) is 0 Å². The van der Waals surface area contributed by atoms with E-state index in [2.05, 4.69) is 0 Å². The predicted molar refractivity (Wildman–Crippen MR) is 44.3 cm³/mol. The number of hydrogen-bond acceptors (Lipinski definition) is 0. The van der Waals surface area contributed by atoms with Gasteiger partial charge >= 0.3 is 52.9 Å². The molecule has 0 spiro atoms. The summed E-state index contributed by atoms with van der Waals surface area (Å²) in [6.45, 7) is 0. The van der Waals surface area contributed by atoms with Gasteiger partial charge in [0.05, 0.1) is 13.4 Å². The zero-order chi connectivity index (χ0) is 24.5. The maximum atomic E-state index is 12.9. The van der Waals surface area contributed by atoms with E-state index in [0.717, 1.165) is 0 Å². The molecular weight excluding hydrogens is 570 g/mol. The van der Waals surface area contributed by atoms with Crippen molar-refractivity contribution in [1.29, 1.82) is 0 Å². The first-order valence-corrected chi connectivity index (χ1v) is 5.69. The molecule has 0 aliphatic carbocycles. The Bertz CT molecular complexity index is 559. The predicted octanol–water partition coefficient (Wildman–Crippen LogP) is 3.43. The van der Waals surface area contributed by atoms with Gasteiger partial charge in [0.2, 0.25) is 0 Å². The van der Waals surface area contributed by atoms with Crippen molar-refractivity contribution in [2.75, 3.05) is 0 Å². The lowest BCUT2D eigenvalue weighted by molar-refractivity contribution is -1.32. The molecule has 0 atom stereocenters. The van der Waals surface area contributed by atoms with Gasteiger partial charge in [-0.2, -0.15) is 65.9 Å². The van der Waals surface area contributed by atoms with Gasteiger partial charge in [0, 0.05) is 0 Å². The third-order valence-corrected chi connectivity index (χ3v) is 3.02. The van der Waals surface area contributed by atoms with Gasteiger partial charge in [-0.15, -0.1) is 8.78 Å². The van der Waals surface area contributed by atoms with Crippen molar-refractivity contribution in [2.24, 2.45) is 0 Å². The Morgan fingerprint density at radius 3 is 0.733 bits per heavy atom. The molecule has 0 aromatic heterocycles. The zero-order valence-electron chi connectivity index (χ0n) is 12.4. The van der Waals surface area contributed by atoms with Gasteiger partial charge in [-0.05, 0) is 0 Å². The molecule has 0 bridgehead atoms. The summed E-state index contributed by atoms with van der Waals surface area (Å²) in [7, 11) is 0. The average Bonchev–Trinajstić information content (AvgIpc) is 2.43. The zero-order valence-corrected chi connectivity index (χ0v) is 14.0. The molecule has 0 aliphatic rings. The highest BCUT2D eigenvalue weighted by Crippen LogP contribution is 2.64. The lowest BCUT2D eigenvalue weighted by Crippen LogP contribution is -3.00. The molecule has 0 aromatic carbocycles. The highest BCUT2D eigenvalue weighted by molar-refractivity contribution is 5.14. The molecule has 22 heteroatoms. The second kappa shape index (κ2) is 7.29. The summed E-state index contributed by atoms with van der Waals surface area (Å²) >= 11 is 0. The highest BCUT2D eigenvalue weighted by Gasteiger charge is 2.99. The van der Waals surface area contributed by atoms with Gasteiger partial charge in [0.1, 0.15) is 0 Å². The summed E-state index contributed by atoms with van der Waals surface area (Å²) in [4.78, 5) is 0. The van der Waals surface area contributed by atoms with Gasteiger partial charge < -0.3 is 17.0 Å². The van der Waals surface area contributed by atoms with Crippen molar-refractivity contribution < 1.29 is 110 Å². The lowest BCUT2D eigenvalue weighted by atomic mass is 9.90. The lowest BCUT2D eigenvalue weighted by Gasteiger charge is -2.41. The van der Waals surface area contributed by atoms with Crippen LogP contribution in [0.4, 0.5) is 88.1 Å². The van der Waals surface area contributed by atoms with E-state index in [4.69, 9.17) is 0 Å². The van der Waals surface area contributed by atoms with Crippen LogP contribution in [-0.2, 0) is 0 Å². The maximum Gasteiger partial charge on any atom is 0.576 e. The summed E-state index contributed by atoms with van der Waals surface area (Å²) in [6.07, 6.45) is -7.93. The summed E-state index contributed by atoms with van der Waals surface area (Å²) in [5.74, 6) is -52.8. The van der Waals surface area contributed by atoms with E-state index in [1.54, 1.807) is 0 Å². The summed E-state index contributed by atoms with van der Waals surface area (Å²) < 4.78 is 248. The van der Waals surface area contributed by atoms with Crippen molar-refractivity contribution in [3.05, 3.63) is 0 Å². The summed E-state index contributed by atoms with van der Waals surface area (Å²) in [6, 6.07) is -8.43. The van der Waals surface area contributed by atoms with Crippen molar-refractivity contribution in [3.8, 4) is 0 Å². The molecule has 0 unspecified atom stereocenters. The van der Waals surface area contributed by atoms with Crippen molar-refractivity contribution in [2.45, 2.75) is 47.8 Å². The Morgan fingerprint density at radius 2 is 0.533 bits per heavy atom. The monoisotopic (exact) mass is 569 g/mol. The van der Waals surface area contributed by atoms with Crippen LogP contribution in [0.2, 0.25) is 0 Å². The van der Waals surface area contributed by atoms with Gasteiger partial charge in [0.15, 0.2) is 0 Å². The highest BCUT2D eigenvalue weighted by atomic mass is 79.9. The minimum Gasteiger partial charge on any atom is -1.00 e. The first kappa shape index (κ1) is 31.2. The third-order valence-electron chi connectivity index (χ3n) is 3.02. The normalized spacial score (nSPS) is 16.4. The van der Waals surface area contributed by atoms with E-state index in [1.807, 2.05) is 0 Å². The molecule has 30 heavy (non-hydrogen) atoms. The van der Waals surface area contributed by atoms with Crippen molar-refractivity contribution in [3.63, 3.8) is 0 Å². The van der Waals surface area contributed by atoms with E-state index in [-0.39, 0.29) is 17.0 Å². The molecular formula is C8BrF20N. The molecule has 0 fully saturated rings. The molecule has 0 N–H and O–H groups in total. The fourth-order valence-corrected chi connectivity index (χ4v) is 1.31. The molecule has 0 radical (unpaired) electrons. The maximum absolute atomic E-state index is 12.9. The minimum absolute atomic E-state index is 0. The van der Waals surface area contributed by atoms with Crippen molar-refractivity contribution >= 4 is 0 Å². The number of quaternary nitrogens is 1. The van der Waals surface area contributed by atoms with Crippen LogP contribution >= 0.6 is 0 Å². The second-order valence-corrected chi connectivity index (χ2v) is 4.93. The fraction of sp³-hybridized carbons (Fsp3) is 1.00. The molecule has 0 amide bonds. The molecule has 0 aromatic rings. The van der Waals surface area contributed by atoms with Crippen LogP contribution in [0.3, 0.4) is 0 Å². The van der Waals surface area contributed by atoms with Crippen LogP contribution in [0.15, 0.2) is 0 Å². The minimum atomic E-state index is -9.03. The van der Waals surface area contributed by atoms with Crippen LogP contribution in [-0.4, -0.2) is 52.9 Å². The summed E-state index contributed by atoms with van der Waals surface area (Å²) in [5, 5.41) is -7.20. The molecule has 0 saturated carbocycles. The molecule has 1 nitrogen and oxygen atoms in total. The number of hydrogen-bond donors (Lipinski definition) is 0. The Kier molecular flexibility index (Phi) is 7.59. The van der Waals surface area contributed by atoms with Crippen LogP contribution in [0.5, 0.6) is 0 Å². The van der Waals surface area contributed by atoms with Crippen LogP contribution in [0.1, 0.15) is 0 Å². The summed E-state index contributed by atoms with van der Waals surface area (Å²) in [5.41, 5.74) is 0. The first-order chi connectivity index (χ1) is 12.0. The van der Waals surface area contributed by atoms with Gasteiger partial charge in [-0.1, -0.05) is 0 Å². The smallest absolute Gasteiger partial charge is 0.576 e. The number of rotatable bonds is 7. The molecule has 0 heterocycles. The van der Waals surface area contributed by atoms with E-state index in [0.29, 0.717) is 0 Å². The number of alkyl halides is 17. The Balaban J connectivity index is 0. The Morgan fingerprint density at radius 1 is 0.333 bits per heavy atom. The molecule has 0 rings (SSSR count). The molecule has 0 saturated heterocycles. The van der Waals surface area contributed by atoms with Crippen LogP contribution in [0, 0.1) is 0 Å². The molecule has 0 aliphatic heterocycles. The third kappa shape index (κ3) is 3.63. The van der Waals surface area contributed by atoms with E-state index < -0.39 is 52.9 Å². The quantitative estimate of drug-likeness (QED) is 0.250. The molecule has 184 valence electrons. The standard InChI is InChI=1S/C8F20N.BrH/c9-1(10,3(13,14)5(17,18)7(21,22)23)2(11,12)4(15,16)6(19,20)8(24,25)29(26,27)28;/h;1H/q+1;/p-1.